The smallest absolute Gasteiger partial charge is 0.293 e. The van der Waals surface area contributed by atoms with Gasteiger partial charge >= 0.3 is 7.75 Å². The molecule has 0 aliphatic rings. The van der Waals surface area contributed by atoms with Gasteiger partial charge in [0.25, 0.3) is 5.91 Å². The molecule has 0 aromatic rings. The van der Waals surface area contributed by atoms with Crippen LogP contribution in [-0.4, -0.2) is 19.1 Å². The highest BCUT2D eigenvalue weighted by atomic mass is 31.2. The van der Waals surface area contributed by atoms with Crippen molar-refractivity contribution >= 4 is 13.7 Å². The van der Waals surface area contributed by atoms with Crippen molar-refractivity contribution in [2.24, 2.45) is 0 Å². The Bertz CT molecular complexity index is 241. The van der Waals surface area contributed by atoms with Crippen LogP contribution in [-0.2, 0) is 18.4 Å². The van der Waals surface area contributed by atoms with Crippen LogP contribution in [0.15, 0.2) is 12.7 Å². The molecular weight excluding hydrogens is 205 g/mol. The van der Waals surface area contributed by atoms with Gasteiger partial charge in [0.1, 0.15) is 0 Å². The molecular formula is C8H16NO4P. The van der Waals surface area contributed by atoms with Crippen LogP contribution in [0.3, 0.4) is 0 Å². The van der Waals surface area contributed by atoms with E-state index in [1.165, 1.54) is 0 Å². The van der Waals surface area contributed by atoms with Gasteiger partial charge in [0.05, 0.1) is 13.2 Å². The van der Waals surface area contributed by atoms with Crippen molar-refractivity contribution in [1.29, 1.82) is 0 Å². The second-order valence-electron chi connectivity index (χ2n) is 2.43. The summed E-state index contributed by atoms with van der Waals surface area (Å²) in [4.78, 5) is 10.9. The molecule has 1 atom stereocenters. The summed E-state index contributed by atoms with van der Waals surface area (Å²) in [5.74, 6) is -0.571. The maximum Gasteiger partial charge on any atom is 0.435 e. The van der Waals surface area contributed by atoms with Crippen LogP contribution in [0.25, 0.3) is 0 Å². The van der Waals surface area contributed by atoms with Crippen molar-refractivity contribution in [2.75, 3.05) is 13.2 Å². The van der Waals surface area contributed by atoms with Crippen LogP contribution >= 0.6 is 7.75 Å². The number of hydrogen-bond acceptors (Lipinski definition) is 4. The Kier molecular flexibility index (Phi) is 6.45. The molecule has 14 heavy (non-hydrogen) atoms. The zero-order valence-corrected chi connectivity index (χ0v) is 9.38. The zero-order chi connectivity index (χ0) is 11.0. The van der Waals surface area contributed by atoms with Crippen molar-refractivity contribution in [1.82, 2.24) is 5.09 Å². The maximum absolute atomic E-state index is 11.7. The summed E-state index contributed by atoms with van der Waals surface area (Å²) in [6.07, 6.45) is 1.71. The quantitative estimate of drug-likeness (QED) is 0.526. The van der Waals surface area contributed by atoms with E-state index in [-0.39, 0.29) is 13.2 Å². The highest BCUT2D eigenvalue weighted by Crippen LogP contribution is 2.43. The molecule has 0 bridgehead atoms. The van der Waals surface area contributed by atoms with Crippen molar-refractivity contribution in [3.05, 3.63) is 12.7 Å². The summed E-state index contributed by atoms with van der Waals surface area (Å²) in [5.41, 5.74) is 0. The Balaban J connectivity index is 4.30. The predicted molar refractivity (Wildman–Crippen MR) is 53.8 cm³/mol. The SMILES string of the molecule is C=CC(=O)NP(=O)(OCC)OCCC. The molecule has 0 saturated carbocycles. The van der Waals surface area contributed by atoms with E-state index in [1.54, 1.807) is 6.92 Å². The molecule has 0 fully saturated rings. The first-order valence-electron chi connectivity index (χ1n) is 4.41. The normalized spacial score (nSPS) is 14.4. The first-order chi connectivity index (χ1) is 6.58. The topological polar surface area (TPSA) is 64.6 Å². The molecule has 0 saturated heterocycles. The molecule has 5 nitrogen and oxygen atoms in total. The average molecular weight is 221 g/mol. The van der Waals surface area contributed by atoms with Crippen LogP contribution in [0.4, 0.5) is 0 Å². The Morgan fingerprint density at radius 3 is 2.57 bits per heavy atom. The van der Waals surface area contributed by atoms with E-state index in [9.17, 15) is 9.36 Å². The monoisotopic (exact) mass is 221 g/mol. The summed E-state index contributed by atoms with van der Waals surface area (Å²) < 4.78 is 21.5. The third kappa shape index (κ3) is 5.17. The van der Waals surface area contributed by atoms with Gasteiger partial charge in [-0.05, 0) is 19.4 Å². The van der Waals surface area contributed by atoms with E-state index in [4.69, 9.17) is 9.05 Å². The van der Waals surface area contributed by atoms with Crippen molar-refractivity contribution < 1.29 is 18.4 Å². The van der Waals surface area contributed by atoms with Gasteiger partial charge in [0.15, 0.2) is 0 Å². The van der Waals surface area contributed by atoms with Crippen LogP contribution in [0, 0.1) is 0 Å². The van der Waals surface area contributed by atoms with Crippen molar-refractivity contribution in [3.63, 3.8) is 0 Å². The van der Waals surface area contributed by atoms with Gasteiger partial charge in [-0.25, -0.2) is 4.57 Å². The Labute approximate surface area is 84.1 Å². The average Bonchev–Trinajstić information content (AvgIpc) is 2.15. The number of amides is 1. The molecule has 0 radical (unpaired) electrons. The second-order valence-corrected chi connectivity index (χ2v) is 4.16. The first kappa shape index (κ1) is 13.4. The molecule has 0 aliphatic carbocycles. The lowest BCUT2D eigenvalue weighted by atomic mass is 10.5. The highest BCUT2D eigenvalue weighted by molar-refractivity contribution is 7.52. The van der Waals surface area contributed by atoms with E-state index in [2.05, 4.69) is 11.7 Å². The molecule has 1 N–H and O–H groups in total. The standard InChI is InChI=1S/C8H16NO4P/c1-4-7-13-14(11,12-6-3)9-8(10)5-2/h5H,2,4,6-7H2,1,3H3,(H,9,10,11). The fraction of sp³-hybridized carbons (Fsp3) is 0.625. The van der Waals surface area contributed by atoms with Gasteiger partial charge in [0, 0.05) is 0 Å². The van der Waals surface area contributed by atoms with E-state index >= 15 is 0 Å². The molecule has 6 heteroatoms. The summed E-state index contributed by atoms with van der Waals surface area (Å²) in [7, 11) is -3.48. The van der Waals surface area contributed by atoms with Gasteiger partial charge < -0.3 is 0 Å². The highest BCUT2D eigenvalue weighted by Gasteiger charge is 2.25. The van der Waals surface area contributed by atoms with E-state index in [1.807, 2.05) is 6.92 Å². The lowest BCUT2D eigenvalue weighted by molar-refractivity contribution is -0.115. The minimum Gasteiger partial charge on any atom is -0.293 e. The van der Waals surface area contributed by atoms with Gasteiger partial charge in [0.2, 0.25) is 0 Å². The Morgan fingerprint density at radius 1 is 1.50 bits per heavy atom. The third-order valence-corrected chi connectivity index (χ3v) is 2.81. The summed E-state index contributed by atoms with van der Waals surface area (Å²) in [6, 6.07) is 0. The summed E-state index contributed by atoms with van der Waals surface area (Å²) in [6.45, 7) is 7.26. The molecule has 0 aliphatic heterocycles. The zero-order valence-electron chi connectivity index (χ0n) is 8.49. The van der Waals surface area contributed by atoms with Crippen molar-refractivity contribution in [3.8, 4) is 0 Å². The number of carbonyl (C=O) groups excluding carboxylic acids is 1. The van der Waals surface area contributed by atoms with Gasteiger partial charge in [-0.15, -0.1) is 0 Å². The van der Waals surface area contributed by atoms with E-state index < -0.39 is 13.7 Å². The van der Waals surface area contributed by atoms with Gasteiger partial charge in [-0.2, -0.15) is 0 Å². The predicted octanol–water partition coefficient (Wildman–Crippen LogP) is 1.86. The fourth-order valence-corrected chi connectivity index (χ4v) is 1.99. The minimum atomic E-state index is -3.48. The van der Waals surface area contributed by atoms with Gasteiger partial charge in [-0.3, -0.25) is 18.9 Å². The van der Waals surface area contributed by atoms with Crippen LogP contribution < -0.4 is 5.09 Å². The lowest BCUT2D eigenvalue weighted by Gasteiger charge is -2.16. The lowest BCUT2D eigenvalue weighted by Crippen LogP contribution is -2.20. The molecule has 0 rings (SSSR count). The largest absolute Gasteiger partial charge is 0.435 e. The number of hydrogen-bond donors (Lipinski definition) is 1. The molecule has 0 heterocycles. The number of nitrogens with one attached hydrogen (secondary N) is 1. The van der Waals surface area contributed by atoms with E-state index in [0.29, 0.717) is 6.42 Å². The van der Waals surface area contributed by atoms with Crippen LogP contribution in [0.1, 0.15) is 20.3 Å². The molecule has 82 valence electrons. The molecule has 0 aromatic carbocycles. The summed E-state index contributed by atoms with van der Waals surface area (Å²) >= 11 is 0. The number of rotatable bonds is 7. The maximum atomic E-state index is 11.7. The van der Waals surface area contributed by atoms with E-state index in [0.717, 1.165) is 6.08 Å². The minimum absolute atomic E-state index is 0.207. The molecule has 0 aromatic heterocycles. The first-order valence-corrected chi connectivity index (χ1v) is 5.96. The summed E-state index contributed by atoms with van der Waals surface area (Å²) in [5, 5.41) is 2.13. The molecule has 1 unspecified atom stereocenters. The Hall–Kier alpha value is -0.640. The third-order valence-electron chi connectivity index (χ3n) is 1.20. The van der Waals surface area contributed by atoms with Crippen molar-refractivity contribution in [2.45, 2.75) is 20.3 Å². The molecule has 0 spiro atoms. The number of carbonyl (C=O) groups is 1. The van der Waals surface area contributed by atoms with Crippen LogP contribution in [0.5, 0.6) is 0 Å². The van der Waals surface area contributed by atoms with Crippen LogP contribution in [0.2, 0.25) is 0 Å². The second kappa shape index (κ2) is 6.76. The fourth-order valence-electron chi connectivity index (χ4n) is 0.664. The van der Waals surface area contributed by atoms with Gasteiger partial charge in [-0.1, -0.05) is 13.5 Å². The Morgan fingerprint density at radius 2 is 2.14 bits per heavy atom. The molecule has 1 amide bonds.